The number of hydrogen-bond acceptors (Lipinski definition) is 11. The molecule has 2 aromatic carbocycles. The van der Waals surface area contributed by atoms with Crippen LogP contribution in [0.4, 0.5) is 0 Å². The average Bonchev–Trinajstić information content (AvgIpc) is 2.85. The lowest BCUT2D eigenvalue weighted by atomic mass is 9.99. The Kier molecular flexibility index (Phi) is 7.44. The first-order valence-corrected chi connectivity index (χ1v) is 11.5. The third-order valence-electron chi connectivity index (χ3n) is 6.11. The fraction of sp³-hybridized carbons (Fsp3) is 0.346. The van der Waals surface area contributed by atoms with Gasteiger partial charge in [-0.15, -0.1) is 0 Å². The molecule has 7 N–H and O–H groups in total. The Morgan fingerprint density at radius 1 is 1.00 bits per heavy atom. The van der Waals surface area contributed by atoms with Crippen LogP contribution in [0.3, 0.4) is 0 Å². The number of fused-ring (bicyclic) bond motifs is 1. The molecule has 0 bridgehead atoms. The van der Waals surface area contributed by atoms with Crippen LogP contribution in [-0.4, -0.2) is 73.1 Å². The lowest BCUT2D eigenvalue weighted by Gasteiger charge is -2.39. The van der Waals surface area contributed by atoms with Crippen molar-refractivity contribution in [2.45, 2.75) is 51.0 Å². The summed E-state index contributed by atoms with van der Waals surface area (Å²) < 4.78 is 17.1. The van der Waals surface area contributed by atoms with Crippen molar-refractivity contribution in [2.24, 2.45) is 0 Å². The van der Waals surface area contributed by atoms with Crippen LogP contribution < -0.4 is 10.2 Å². The Hall–Kier alpha value is -3.61. The van der Waals surface area contributed by atoms with Crippen molar-refractivity contribution in [3.63, 3.8) is 0 Å². The summed E-state index contributed by atoms with van der Waals surface area (Å²) in [5.74, 6) is -1.65. The smallest absolute Gasteiger partial charge is 0.239 e. The van der Waals surface area contributed by atoms with Crippen molar-refractivity contribution in [2.75, 3.05) is 6.61 Å². The highest BCUT2D eigenvalue weighted by Gasteiger charge is 2.45. The highest BCUT2D eigenvalue weighted by Crippen LogP contribution is 2.40. The predicted molar refractivity (Wildman–Crippen MR) is 130 cm³/mol. The first-order chi connectivity index (χ1) is 17.5. The second kappa shape index (κ2) is 10.4. The number of ether oxygens (including phenoxy) is 2. The molecule has 0 aliphatic carbocycles. The molecule has 1 fully saturated rings. The normalized spacial score (nSPS) is 23.7. The van der Waals surface area contributed by atoms with Crippen molar-refractivity contribution in [1.82, 2.24) is 0 Å². The van der Waals surface area contributed by atoms with Crippen molar-refractivity contribution in [3.8, 4) is 34.3 Å². The van der Waals surface area contributed by atoms with Crippen LogP contribution in [0.25, 0.3) is 22.3 Å². The minimum Gasteiger partial charge on any atom is -0.508 e. The van der Waals surface area contributed by atoms with Crippen molar-refractivity contribution in [1.29, 1.82) is 0 Å². The molecule has 0 spiro atoms. The lowest BCUT2D eigenvalue weighted by Crippen LogP contribution is -2.60. The molecular weight excluding hydrogens is 488 g/mol. The molecule has 4 rings (SSSR count). The van der Waals surface area contributed by atoms with Gasteiger partial charge in [-0.25, -0.2) is 0 Å². The summed E-state index contributed by atoms with van der Waals surface area (Å²) in [6, 6.07) is 6.53. The number of aromatic hydroxyl groups is 3. The largest absolute Gasteiger partial charge is 0.508 e. The van der Waals surface area contributed by atoms with Crippen LogP contribution in [0.15, 0.2) is 51.2 Å². The number of phenolic OH excluding ortho intramolecular Hbond substituents is 3. The summed E-state index contributed by atoms with van der Waals surface area (Å²) in [5.41, 5.74) is 0.434. The summed E-state index contributed by atoms with van der Waals surface area (Å²) in [7, 11) is 0. The SMILES string of the molecule is CC(C)=CCc1c(O)cc(O)c2c(=O)c(OC3OC(CO)C(O)C(O)C3O)c(-c3ccc(O)cc3)oc12. The fourth-order valence-electron chi connectivity index (χ4n) is 4.06. The second-order valence-corrected chi connectivity index (χ2v) is 9.03. The van der Waals surface area contributed by atoms with Gasteiger partial charge < -0.3 is 49.6 Å². The van der Waals surface area contributed by atoms with Gasteiger partial charge in [0.15, 0.2) is 5.76 Å². The molecule has 1 aliphatic rings. The Labute approximate surface area is 210 Å². The first kappa shape index (κ1) is 26.5. The average molecular weight is 516 g/mol. The van der Waals surface area contributed by atoms with E-state index in [2.05, 4.69) is 0 Å². The molecule has 1 aromatic heterocycles. The molecule has 0 saturated carbocycles. The van der Waals surface area contributed by atoms with Crippen LogP contribution in [-0.2, 0) is 11.2 Å². The molecule has 1 saturated heterocycles. The highest BCUT2D eigenvalue weighted by atomic mass is 16.7. The van der Waals surface area contributed by atoms with Gasteiger partial charge in [-0.05, 0) is 44.5 Å². The number of allylic oxidation sites excluding steroid dienone is 2. The van der Waals surface area contributed by atoms with Gasteiger partial charge in [-0.3, -0.25) is 4.79 Å². The van der Waals surface area contributed by atoms with Gasteiger partial charge in [-0.1, -0.05) is 11.6 Å². The summed E-state index contributed by atoms with van der Waals surface area (Å²) in [5, 5.41) is 70.6. The van der Waals surface area contributed by atoms with E-state index in [0.29, 0.717) is 0 Å². The standard InChI is InChI=1S/C26H28O11/c1-11(2)3-8-14-15(29)9-16(30)18-20(32)25(23(36-24(14)18)12-4-6-13(28)7-5-12)37-26-22(34)21(33)19(31)17(10-27)35-26/h3-7,9,17,19,21-22,26-31,33-34H,8,10H2,1-2H3. The van der Waals surface area contributed by atoms with Gasteiger partial charge in [0.05, 0.1) is 6.61 Å². The number of hydrogen-bond donors (Lipinski definition) is 7. The second-order valence-electron chi connectivity index (χ2n) is 9.03. The van der Waals surface area contributed by atoms with Gasteiger partial charge in [0.25, 0.3) is 0 Å². The highest BCUT2D eigenvalue weighted by molar-refractivity contribution is 5.91. The molecule has 11 heteroatoms. The van der Waals surface area contributed by atoms with E-state index in [4.69, 9.17) is 13.9 Å². The van der Waals surface area contributed by atoms with Gasteiger partial charge in [0, 0.05) is 17.2 Å². The van der Waals surface area contributed by atoms with Crippen LogP contribution in [0.5, 0.6) is 23.0 Å². The van der Waals surface area contributed by atoms with Crippen LogP contribution in [0.2, 0.25) is 0 Å². The van der Waals surface area contributed by atoms with Crippen molar-refractivity contribution >= 4 is 11.0 Å². The van der Waals surface area contributed by atoms with E-state index in [-0.39, 0.29) is 45.8 Å². The van der Waals surface area contributed by atoms with E-state index in [0.717, 1.165) is 11.6 Å². The third kappa shape index (κ3) is 4.99. The minimum absolute atomic E-state index is 0.0668. The number of benzene rings is 2. The van der Waals surface area contributed by atoms with Gasteiger partial charge in [0.2, 0.25) is 17.5 Å². The molecular formula is C26H28O11. The Morgan fingerprint density at radius 3 is 2.30 bits per heavy atom. The molecule has 11 nitrogen and oxygen atoms in total. The maximum absolute atomic E-state index is 13.7. The quantitative estimate of drug-likeness (QED) is 0.234. The maximum Gasteiger partial charge on any atom is 0.239 e. The number of rotatable bonds is 6. The molecule has 1 aliphatic heterocycles. The molecule has 2 heterocycles. The molecule has 0 amide bonds. The third-order valence-corrected chi connectivity index (χ3v) is 6.11. The van der Waals surface area contributed by atoms with Gasteiger partial charge in [-0.2, -0.15) is 0 Å². The molecule has 0 radical (unpaired) electrons. The lowest BCUT2D eigenvalue weighted by molar-refractivity contribution is -0.277. The Bertz CT molecular complexity index is 1370. The zero-order valence-corrected chi connectivity index (χ0v) is 20.0. The van der Waals surface area contributed by atoms with Gasteiger partial charge in [0.1, 0.15) is 52.6 Å². The van der Waals surface area contributed by atoms with E-state index in [1.807, 2.05) is 13.8 Å². The van der Waals surface area contributed by atoms with Crippen molar-refractivity contribution in [3.05, 3.63) is 57.8 Å². The summed E-state index contributed by atoms with van der Waals surface area (Å²) in [6.07, 6.45) is -6.26. The van der Waals surface area contributed by atoms with Gasteiger partial charge >= 0.3 is 0 Å². The van der Waals surface area contributed by atoms with E-state index in [9.17, 15) is 40.5 Å². The fourth-order valence-corrected chi connectivity index (χ4v) is 4.06. The number of aliphatic hydroxyl groups is 4. The van der Waals surface area contributed by atoms with Crippen LogP contribution >= 0.6 is 0 Å². The topological polar surface area (TPSA) is 190 Å². The summed E-state index contributed by atoms with van der Waals surface area (Å²) >= 11 is 0. The van der Waals surface area contributed by atoms with E-state index in [1.165, 1.54) is 24.3 Å². The maximum atomic E-state index is 13.7. The summed E-state index contributed by atoms with van der Waals surface area (Å²) in [6.45, 7) is 2.99. The minimum atomic E-state index is -1.82. The monoisotopic (exact) mass is 516 g/mol. The number of aliphatic hydroxyl groups excluding tert-OH is 4. The zero-order chi connectivity index (χ0) is 27.0. The summed E-state index contributed by atoms with van der Waals surface area (Å²) in [4.78, 5) is 13.7. The number of phenols is 3. The van der Waals surface area contributed by atoms with E-state index >= 15 is 0 Å². The molecule has 37 heavy (non-hydrogen) atoms. The van der Waals surface area contributed by atoms with E-state index < -0.39 is 54.2 Å². The van der Waals surface area contributed by atoms with Crippen molar-refractivity contribution < 1.29 is 49.6 Å². The first-order valence-electron chi connectivity index (χ1n) is 11.5. The molecule has 198 valence electrons. The molecule has 5 atom stereocenters. The van der Waals surface area contributed by atoms with E-state index in [1.54, 1.807) is 6.08 Å². The zero-order valence-electron chi connectivity index (χ0n) is 20.0. The molecule has 5 unspecified atom stereocenters. The van der Waals surface area contributed by atoms with Crippen LogP contribution in [0, 0.1) is 0 Å². The Morgan fingerprint density at radius 2 is 1.68 bits per heavy atom. The molecule has 3 aromatic rings. The Balaban J connectivity index is 1.96. The predicted octanol–water partition coefficient (Wildman–Crippen LogP) is 1.26. The van der Waals surface area contributed by atoms with Crippen LogP contribution in [0.1, 0.15) is 19.4 Å².